The van der Waals surface area contributed by atoms with E-state index in [1.54, 1.807) is 11.1 Å². The largest absolute Gasteiger partial charge is 0.457 e. The number of nitrogens with two attached hydrogens (primary N) is 1. The molecule has 37 heavy (non-hydrogen) atoms. The van der Waals surface area contributed by atoms with Crippen molar-refractivity contribution in [1.82, 2.24) is 10.3 Å². The summed E-state index contributed by atoms with van der Waals surface area (Å²) in [5, 5.41) is 6.82. The van der Waals surface area contributed by atoms with Crippen molar-refractivity contribution in [3.8, 4) is 11.5 Å². The van der Waals surface area contributed by atoms with E-state index in [-0.39, 0.29) is 24.0 Å². The Labute approximate surface area is 218 Å². The number of urea groups is 1. The Hall–Kier alpha value is -3.95. The van der Waals surface area contributed by atoms with E-state index in [9.17, 15) is 9.59 Å². The number of carbonyl (C=O) groups excluding carboxylic acids is 2. The Morgan fingerprint density at radius 2 is 1.92 bits per heavy atom. The van der Waals surface area contributed by atoms with E-state index in [1.807, 2.05) is 61.5 Å². The summed E-state index contributed by atoms with van der Waals surface area (Å²) in [6, 6.07) is 16.5. The standard InChI is InChI=1S/C28H27N5O3S/c1-16-15-18(36-17-7-3-2-4-8-17)11-12-21(16)33-22-13-14-30-27-23(22)24(32-28(33)35)25(37-27)26(34)31-20-10-6-5-9-19(20)29/h2-4,7-8,11-15,19-20H,5-6,9-10,29H2,1H3,(H,31,34)(H,32,35)/t19-,20-/m1/s1. The number of nitrogens with zero attached hydrogens (tertiary/aromatic N) is 2. The molecule has 9 heteroatoms. The van der Waals surface area contributed by atoms with Crippen LogP contribution in [0.15, 0.2) is 60.8 Å². The van der Waals surface area contributed by atoms with Crippen molar-refractivity contribution in [1.29, 1.82) is 0 Å². The fourth-order valence-electron chi connectivity index (χ4n) is 5.12. The van der Waals surface area contributed by atoms with Crippen molar-refractivity contribution in [3.05, 3.63) is 71.2 Å². The van der Waals surface area contributed by atoms with E-state index in [0.29, 0.717) is 26.8 Å². The molecule has 0 unspecified atom stereocenters. The van der Waals surface area contributed by atoms with Gasteiger partial charge in [0.15, 0.2) is 0 Å². The van der Waals surface area contributed by atoms with E-state index in [2.05, 4.69) is 15.6 Å². The highest BCUT2D eigenvalue weighted by atomic mass is 32.1. The van der Waals surface area contributed by atoms with Crippen molar-refractivity contribution >= 4 is 50.6 Å². The highest BCUT2D eigenvalue weighted by Gasteiger charge is 2.34. The summed E-state index contributed by atoms with van der Waals surface area (Å²) in [6.45, 7) is 1.94. The molecule has 1 aliphatic carbocycles. The number of rotatable bonds is 5. The SMILES string of the molecule is Cc1cc(Oc2ccccc2)ccc1N1C(=O)Nc2c(C(=O)N[C@@H]3CCCC[C@H]3N)sc3nccc1c23. The first-order chi connectivity index (χ1) is 18.0. The summed E-state index contributed by atoms with van der Waals surface area (Å²) < 4.78 is 5.96. The van der Waals surface area contributed by atoms with Gasteiger partial charge in [0.1, 0.15) is 21.2 Å². The minimum absolute atomic E-state index is 0.0565. The molecular weight excluding hydrogens is 486 g/mol. The lowest BCUT2D eigenvalue weighted by Gasteiger charge is -2.30. The number of hydrogen-bond acceptors (Lipinski definition) is 6. The number of aryl methyl sites for hydroxylation is 1. The smallest absolute Gasteiger partial charge is 0.331 e. The number of aromatic nitrogens is 1. The van der Waals surface area contributed by atoms with Crippen molar-refractivity contribution in [3.63, 3.8) is 0 Å². The molecule has 1 aliphatic heterocycles. The molecule has 6 rings (SSSR count). The zero-order chi connectivity index (χ0) is 25.5. The fraction of sp³-hybridized carbons (Fsp3) is 0.250. The van der Waals surface area contributed by atoms with Gasteiger partial charge in [-0.2, -0.15) is 0 Å². The first-order valence-electron chi connectivity index (χ1n) is 12.4. The highest BCUT2D eigenvalue weighted by Crippen LogP contribution is 2.46. The molecule has 4 N–H and O–H groups in total. The molecule has 2 aromatic heterocycles. The lowest BCUT2D eigenvalue weighted by Crippen LogP contribution is -2.49. The predicted molar refractivity (Wildman–Crippen MR) is 146 cm³/mol. The van der Waals surface area contributed by atoms with Crippen LogP contribution in [0.2, 0.25) is 0 Å². The topological polar surface area (TPSA) is 110 Å². The Balaban J connectivity index is 1.34. The lowest BCUT2D eigenvalue weighted by molar-refractivity contribution is 0.0926. The summed E-state index contributed by atoms with van der Waals surface area (Å²) in [7, 11) is 0. The van der Waals surface area contributed by atoms with Gasteiger partial charge in [0.2, 0.25) is 0 Å². The number of para-hydroxylation sites is 1. The lowest BCUT2D eigenvalue weighted by atomic mass is 9.91. The van der Waals surface area contributed by atoms with E-state index >= 15 is 0 Å². The summed E-state index contributed by atoms with van der Waals surface area (Å²) in [6.07, 6.45) is 5.56. The minimum Gasteiger partial charge on any atom is -0.457 e. The third kappa shape index (κ3) is 4.30. The molecule has 0 spiro atoms. The Morgan fingerprint density at radius 1 is 1.11 bits per heavy atom. The van der Waals surface area contributed by atoms with Gasteiger partial charge in [0.25, 0.3) is 5.91 Å². The molecule has 2 aromatic carbocycles. The van der Waals surface area contributed by atoms with Gasteiger partial charge in [0.05, 0.1) is 22.4 Å². The molecule has 0 radical (unpaired) electrons. The second kappa shape index (κ2) is 9.49. The van der Waals surface area contributed by atoms with Crippen LogP contribution in [0.1, 0.15) is 40.9 Å². The summed E-state index contributed by atoms with van der Waals surface area (Å²) in [5.74, 6) is 1.20. The predicted octanol–water partition coefficient (Wildman–Crippen LogP) is 6.08. The third-order valence-corrected chi connectivity index (χ3v) is 8.07. The number of nitrogens with one attached hydrogen (secondary N) is 2. The number of anilines is 3. The average Bonchev–Trinajstić information content (AvgIpc) is 3.26. The van der Waals surface area contributed by atoms with Crippen molar-refractivity contribution in [2.45, 2.75) is 44.7 Å². The van der Waals surface area contributed by atoms with Crippen LogP contribution >= 0.6 is 11.3 Å². The normalized spacial score (nSPS) is 19.0. The van der Waals surface area contributed by atoms with E-state index in [4.69, 9.17) is 10.5 Å². The average molecular weight is 514 g/mol. The number of pyridine rings is 1. The van der Waals surface area contributed by atoms with Crippen LogP contribution in [-0.2, 0) is 0 Å². The first kappa shape index (κ1) is 23.4. The maximum Gasteiger partial charge on any atom is 0.331 e. The van der Waals surface area contributed by atoms with Gasteiger partial charge in [-0.3, -0.25) is 9.69 Å². The van der Waals surface area contributed by atoms with Crippen LogP contribution in [0.5, 0.6) is 11.5 Å². The Kier molecular flexibility index (Phi) is 6.02. The van der Waals surface area contributed by atoms with Gasteiger partial charge in [0, 0.05) is 18.3 Å². The van der Waals surface area contributed by atoms with Crippen LogP contribution < -0.4 is 26.0 Å². The zero-order valence-electron chi connectivity index (χ0n) is 20.4. The number of ether oxygens (including phenoxy) is 1. The highest BCUT2D eigenvalue weighted by molar-refractivity contribution is 7.21. The van der Waals surface area contributed by atoms with E-state index in [1.165, 1.54) is 11.3 Å². The molecule has 1 saturated carbocycles. The summed E-state index contributed by atoms with van der Waals surface area (Å²) in [4.78, 5) is 34.0. The maximum absolute atomic E-state index is 13.5. The Bertz CT molecular complexity index is 1500. The molecule has 8 nitrogen and oxygen atoms in total. The summed E-state index contributed by atoms with van der Waals surface area (Å²) >= 11 is 1.28. The molecule has 2 aliphatic rings. The van der Waals surface area contributed by atoms with Crippen molar-refractivity contribution in [2.75, 3.05) is 10.2 Å². The minimum atomic E-state index is -0.332. The molecule has 3 amide bonds. The zero-order valence-corrected chi connectivity index (χ0v) is 21.2. The van der Waals surface area contributed by atoms with E-state index in [0.717, 1.165) is 48.1 Å². The van der Waals surface area contributed by atoms with Gasteiger partial charge in [-0.05, 0) is 61.7 Å². The number of amides is 3. The second-order valence-electron chi connectivity index (χ2n) is 9.47. The third-order valence-electron chi connectivity index (χ3n) is 6.98. The summed E-state index contributed by atoms with van der Waals surface area (Å²) in [5.41, 5.74) is 9.04. The van der Waals surface area contributed by atoms with Crippen LogP contribution in [-0.4, -0.2) is 29.0 Å². The molecule has 3 heterocycles. The molecule has 1 fully saturated rings. The monoisotopic (exact) mass is 513 g/mol. The maximum atomic E-state index is 13.5. The van der Waals surface area contributed by atoms with Gasteiger partial charge in [-0.15, -0.1) is 11.3 Å². The number of carbonyl (C=O) groups is 2. The van der Waals surface area contributed by atoms with Gasteiger partial charge < -0.3 is 21.1 Å². The second-order valence-corrected chi connectivity index (χ2v) is 10.5. The molecular formula is C28H27N5O3S. The number of benzene rings is 2. The van der Waals surface area contributed by atoms with Crippen LogP contribution in [0.4, 0.5) is 21.9 Å². The molecule has 0 saturated heterocycles. The molecule has 2 atom stereocenters. The quantitative estimate of drug-likeness (QED) is 0.300. The van der Waals surface area contributed by atoms with Gasteiger partial charge >= 0.3 is 6.03 Å². The van der Waals surface area contributed by atoms with Crippen LogP contribution in [0.25, 0.3) is 10.2 Å². The first-order valence-corrected chi connectivity index (χ1v) is 13.2. The van der Waals surface area contributed by atoms with E-state index < -0.39 is 0 Å². The van der Waals surface area contributed by atoms with Crippen molar-refractivity contribution in [2.24, 2.45) is 5.73 Å². The van der Waals surface area contributed by atoms with Gasteiger partial charge in [-0.25, -0.2) is 9.78 Å². The molecule has 188 valence electrons. The number of hydrogen-bond donors (Lipinski definition) is 3. The van der Waals surface area contributed by atoms with Crippen LogP contribution in [0, 0.1) is 6.92 Å². The van der Waals surface area contributed by atoms with Crippen LogP contribution in [0.3, 0.4) is 0 Å². The van der Waals surface area contributed by atoms with Gasteiger partial charge in [-0.1, -0.05) is 31.0 Å². The number of thiophene rings is 1. The van der Waals surface area contributed by atoms with Crippen molar-refractivity contribution < 1.29 is 14.3 Å². The molecule has 4 aromatic rings. The molecule has 0 bridgehead atoms. The fourth-order valence-corrected chi connectivity index (χ4v) is 6.15. The Morgan fingerprint density at radius 3 is 2.70 bits per heavy atom.